The molecule has 1 amide bonds. The average molecular weight is 403 g/mol. The molecule has 1 atom stereocenters. The third-order valence-corrected chi connectivity index (χ3v) is 5.53. The third-order valence-electron chi connectivity index (χ3n) is 4.93. The maximum absolute atomic E-state index is 13.3. The second kappa shape index (κ2) is 8.65. The Hall–Kier alpha value is -2.54. The number of benzene rings is 2. The summed E-state index contributed by atoms with van der Waals surface area (Å²) in [6.07, 6.45) is 5.11. The first-order chi connectivity index (χ1) is 13.4. The SMILES string of the molecule is COc1ccc([C@@H]2CCCCCN2C(=O)c2cccc(NS(C)(=O)=O)c2)cc1. The molecule has 2 aromatic carbocycles. The van der Waals surface area contributed by atoms with Crippen molar-refractivity contribution >= 4 is 21.6 Å². The van der Waals surface area contributed by atoms with Crippen LogP contribution in [-0.2, 0) is 10.0 Å². The molecule has 1 saturated heterocycles. The number of ether oxygens (including phenoxy) is 1. The van der Waals surface area contributed by atoms with E-state index in [1.165, 1.54) is 0 Å². The van der Waals surface area contributed by atoms with Crippen LogP contribution in [0, 0.1) is 0 Å². The molecule has 0 aliphatic carbocycles. The topological polar surface area (TPSA) is 75.7 Å². The summed E-state index contributed by atoms with van der Waals surface area (Å²) in [5, 5.41) is 0. The lowest BCUT2D eigenvalue weighted by molar-refractivity contribution is 0.0681. The highest BCUT2D eigenvalue weighted by molar-refractivity contribution is 7.92. The Morgan fingerprint density at radius 2 is 1.86 bits per heavy atom. The molecule has 1 aliphatic rings. The first-order valence-corrected chi connectivity index (χ1v) is 11.3. The van der Waals surface area contributed by atoms with Crippen molar-refractivity contribution in [2.75, 3.05) is 24.6 Å². The van der Waals surface area contributed by atoms with E-state index in [0.29, 0.717) is 17.8 Å². The molecule has 0 unspecified atom stereocenters. The third kappa shape index (κ3) is 5.04. The molecule has 6 nitrogen and oxygen atoms in total. The zero-order chi connectivity index (χ0) is 20.1. The van der Waals surface area contributed by atoms with Crippen LogP contribution in [-0.4, -0.2) is 39.1 Å². The molecule has 150 valence electrons. The number of carbonyl (C=O) groups is 1. The Morgan fingerprint density at radius 1 is 1.11 bits per heavy atom. The number of nitrogens with one attached hydrogen (secondary N) is 1. The number of likely N-dealkylation sites (tertiary alicyclic amines) is 1. The molecule has 0 saturated carbocycles. The van der Waals surface area contributed by atoms with Gasteiger partial charge < -0.3 is 9.64 Å². The number of anilines is 1. The molecule has 0 bridgehead atoms. The summed E-state index contributed by atoms with van der Waals surface area (Å²) in [5.74, 6) is 0.703. The lowest BCUT2D eigenvalue weighted by atomic mass is 10.00. The molecule has 0 aromatic heterocycles. The molecule has 0 spiro atoms. The van der Waals surface area contributed by atoms with Crippen molar-refractivity contribution in [2.45, 2.75) is 31.7 Å². The van der Waals surface area contributed by atoms with Gasteiger partial charge in [-0.05, 0) is 48.7 Å². The summed E-state index contributed by atoms with van der Waals surface area (Å²) < 4.78 is 30.7. The van der Waals surface area contributed by atoms with Gasteiger partial charge in [0.25, 0.3) is 5.91 Å². The van der Waals surface area contributed by atoms with Crippen molar-refractivity contribution in [3.8, 4) is 5.75 Å². The van der Waals surface area contributed by atoms with Gasteiger partial charge in [-0.2, -0.15) is 0 Å². The van der Waals surface area contributed by atoms with Gasteiger partial charge in [-0.25, -0.2) is 8.42 Å². The molecule has 1 fully saturated rings. The second-order valence-electron chi connectivity index (χ2n) is 7.09. The average Bonchev–Trinajstić information content (AvgIpc) is 2.92. The predicted octanol–water partition coefficient (Wildman–Crippen LogP) is 3.82. The molecule has 1 N–H and O–H groups in total. The number of amides is 1. The van der Waals surface area contributed by atoms with E-state index in [4.69, 9.17) is 4.74 Å². The summed E-state index contributed by atoms with van der Waals surface area (Å²) >= 11 is 0. The van der Waals surface area contributed by atoms with Crippen molar-refractivity contribution < 1.29 is 17.9 Å². The quantitative estimate of drug-likeness (QED) is 0.825. The van der Waals surface area contributed by atoms with Crippen molar-refractivity contribution in [2.24, 2.45) is 0 Å². The maximum atomic E-state index is 13.3. The first kappa shape index (κ1) is 20.2. The number of hydrogen-bond donors (Lipinski definition) is 1. The molecule has 1 heterocycles. The fourth-order valence-electron chi connectivity index (χ4n) is 3.62. The highest BCUT2D eigenvalue weighted by Gasteiger charge is 2.27. The van der Waals surface area contributed by atoms with Gasteiger partial charge in [0.05, 0.1) is 19.4 Å². The normalized spacial score (nSPS) is 17.6. The van der Waals surface area contributed by atoms with E-state index in [0.717, 1.165) is 43.3 Å². The molecule has 7 heteroatoms. The maximum Gasteiger partial charge on any atom is 0.254 e. The van der Waals surface area contributed by atoms with Crippen LogP contribution >= 0.6 is 0 Å². The van der Waals surface area contributed by atoms with Crippen LogP contribution in [0.3, 0.4) is 0 Å². The fraction of sp³-hybridized carbons (Fsp3) is 0.381. The minimum Gasteiger partial charge on any atom is -0.497 e. The largest absolute Gasteiger partial charge is 0.497 e. The number of carbonyl (C=O) groups excluding carboxylic acids is 1. The summed E-state index contributed by atoms with van der Waals surface area (Å²) in [4.78, 5) is 15.2. The Balaban J connectivity index is 1.89. The fourth-order valence-corrected chi connectivity index (χ4v) is 4.17. The van der Waals surface area contributed by atoms with Gasteiger partial charge >= 0.3 is 0 Å². The van der Waals surface area contributed by atoms with E-state index in [9.17, 15) is 13.2 Å². The van der Waals surface area contributed by atoms with Crippen LogP contribution in [0.5, 0.6) is 5.75 Å². The molecule has 28 heavy (non-hydrogen) atoms. The molecular weight excluding hydrogens is 376 g/mol. The number of nitrogens with zero attached hydrogens (tertiary/aromatic N) is 1. The molecule has 2 aromatic rings. The Bertz CT molecular complexity index is 926. The van der Waals surface area contributed by atoms with Gasteiger partial charge in [0.15, 0.2) is 0 Å². The standard InChI is InChI=1S/C21H26N2O4S/c1-27-19-12-10-16(11-13-19)20-9-4-3-5-14-23(20)21(24)17-7-6-8-18(15-17)22-28(2,25)26/h6-8,10-13,15,20,22H,3-5,9,14H2,1-2H3/t20-/m0/s1. The summed E-state index contributed by atoms with van der Waals surface area (Å²) in [7, 11) is -1.76. The Morgan fingerprint density at radius 3 is 2.54 bits per heavy atom. The number of rotatable bonds is 5. The lowest BCUT2D eigenvalue weighted by Gasteiger charge is -2.31. The monoisotopic (exact) mass is 402 g/mol. The van der Waals surface area contributed by atoms with Crippen LogP contribution < -0.4 is 9.46 Å². The van der Waals surface area contributed by atoms with Crippen molar-refractivity contribution in [3.05, 3.63) is 59.7 Å². The Labute approximate surface area is 166 Å². The Kier molecular flexibility index (Phi) is 6.24. The number of methoxy groups -OCH3 is 1. The van der Waals surface area contributed by atoms with Crippen LogP contribution in [0.15, 0.2) is 48.5 Å². The molecule has 0 radical (unpaired) electrons. The summed E-state index contributed by atoms with van der Waals surface area (Å²) in [6.45, 7) is 0.680. The highest BCUT2D eigenvalue weighted by Crippen LogP contribution is 2.32. The van der Waals surface area contributed by atoms with Crippen molar-refractivity contribution in [1.29, 1.82) is 0 Å². The van der Waals surface area contributed by atoms with Crippen LogP contribution in [0.2, 0.25) is 0 Å². The zero-order valence-electron chi connectivity index (χ0n) is 16.2. The minimum absolute atomic E-state index is 0.00701. The van der Waals surface area contributed by atoms with Crippen molar-refractivity contribution in [1.82, 2.24) is 4.90 Å². The zero-order valence-corrected chi connectivity index (χ0v) is 17.0. The number of hydrogen-bond acceptors (Lipinski definition) is 4. The molecular formula is C21H26N2O4S. The summed E-state index contributed by atoms with van der Waals surface area (Å²) in [6, 6.07) is 14.5. The van der Waals surface area contributed by atoms with E-state index in [1.54, 1.807) is 31.4 Å². The van der Waals surface area contributed by atoms with E-state index in [2.05, 4.69) is 4.72 Å². The molecule has 3 rings (SSSR count). The van der Waals surface area contributed by atoms with E-state index < -0.39 is 10.0 Å². The van der Waals surface area contributed by atoms with E-state index >= 15 is 0 Å². The highest BCUT2D eigenvalue weighted by atomic mass is 32.2. The van der Waals surface area contributed by atoms with Gasteiger partial charge in [0, 0.05) is 17.8 Å². The molecule has 1 aliphatic heterocycles. The predicted molar refractivity (Wildman–Crippen MR) is 110 cm³/mol. The first-order valence-electron chi connectivity index (χ1n) is 9.40. The van der Waals surface area contributed by atoms with Gasteiger partial charge in [0.1, 0.15) is 5.75 Å². The smallest absolute Gasteiger partial charge is 0.254 e. The van der Waals surface area contributed by atoms with E-state index in [-0.39, 0.29) is 11.9 Å². The summed E-state index contributed by atoms with van der Waals surface area (Å²) in [5.41, 5.74) is 1.96. The van der Waals surface area contributed by atoms with Crippen LogP contribution in [0.4, 0.5) is 5.69 Å². The van der Waals surface area contributed by atoms with Crippen LogP contribution in [0.1, 0.15) is 47.6 Å². The van der Waals surface area contributed by atoms with Gasteiger partial charge in [-0.1, -0.05) is 31.0 Å². The van der Waals surface area contributed by atoms with Gasteiger partial charge in [-0.3, -0.25) is 9.52 Å². The van der Waals surface area contributed by atoms with Crippen molar-refractivity contribution in [3.63, 3.8) is 0 Å². The minimum atomic E-state index is -3.40. The lowest BCUT2D eigenvalue weighted by Crippen LogP contribution is -2.34. The second-order valence-corrected chi connectivity index (χ2v) is 8.84. The number of sulfonamides is 1. The van der Waals surface area contributed by atoms with Gasteiger partial charge in [-0.15, -0.1) is 0 Å². The van der Waals surface area contributed by atoms with E-state index in [1.807, 2.05) is 29.2 Å². The van der Waals surface area contributed by atoms with Crippen LogP contribution in [0.25, 0.3) is 0 Å². The van der Waals surface area contributed by atoms with Gasteiger partial charge in [0.2, 0.25) is 10.0 Å².